The Kier molecular flexibility index (Phi) is 11.6. The number of rotatable bonds is 4. The van der Waals surface area contributed by atoms with Crippen LogP contribution in [0.2, 0.25) is 0 Å². The third kappa shape index (κ3) is 8.08. The Morgan fingerprint density at radius 2 is 1.84 bits per heavy atom. The standard InChI is InChI=1S/C31H42N4O8/c1-17-13-21-27(35-11-8-12-35)23(36)16-22(28(21)37)33-30(38)18(2)9-7-10-24(41-5)29(43-31(32)39)20(4)15-19(3)26(34-40)25(14-17)42-6/h7,9-10,15-17,19,24-25,29,40H,8,11-14H2,1-6H3,(H2,32,39)(H,33,38)/b10-7-,18-9+,20-15+,34-26-/t17-,19+,24+,25+,29+/m1/s1. The molecule has 2 bridgehead atoms. The highest BCUT2D eigenvalue weighted by atomic mass is 16.6. The number of allylic oxidation sites excluding steroid dienone is 5. The average molecular weight is 599 g/mol. The van der Waals surface area contributed by atoms with Crippen molar-refractivity contribution < 1.29 is 38.6 Å². The molecule has 0 spiro atoms. The highest BCUT2D eigenvalue weighted by molar-refractivity contribution is 6.23. The lowest BCUT2D eigenvalue weighted by atomic mass is 9.84. The second-order valence-corrected chi connectivity index (χ2v) is 11.2. The largest absolute Gasteiger partial charge is 0.439 e. The van der Waals surface area contributed by atoms with Crippen LogP contribution in [0.15, 0.2) is 63.6 Å². The van der Waals surface area contributed by atoms with E-state index in [0.717, 1.165) is 6.42 Å². The number of Topliss-reactive ketones (excluding diaryl/α,β-unsaturated/α-hetero) is 1. The maximum atomic E-state index is 13.7. The van der Waals surface area contributed by atoms with Gasteiger partial charge in [0.05, 0.1) is 23.2 Å². The summed E-state index contributed by atoms with van der Waals surface area (Å²) in [7, 11) is 2.93. The Morgan fingerprint density at radius 1 is 1.14 bits per heavy atom. The molecule has 1 fully saturated rings. The van der Waals surface area contributed by atoms with Crippen LogP contribution in [0.1, 0.15) is 47.0 Å². The van der Waals surface area contributed by atoms with Gasteiger partial charge in [-0.15, -0.1) is 0 Å². The minimum atomic E-state index is -1.00. The van der Waals surface area contributed by atoms with Gasteiger partial charge in [0.2, 0.25) is 11.6 Å². The number of nitrogens with two attached hydrogens (primary N) is 1. The number of ether oxygens (including phenoxy) is 3. The summed E-state index contributed by atoms with van der Waals surface area (Å²) in [5.74, 6) is -1.94. The summed E-state index contributed by atoms with van der Waals surface area (Å²) in [5.41, 5.74) is 7.14. The van der Waals surface area contributed by atoms with Crippen molar-refractivity contribution in [3.05, 3.63) is 58.5 Å². The Labute approximate surface area is 252 Å². The van der Waals surface area contributed by atoms with Crippen molar-refractivity contribution in [1.82, 2.24) is 10.2 Å². The van der Waals surface area contributed by atoms with E-state index in [9.17, 15) is 24.4 Å². The van der Waals surface area contributed by atoms with Crippen molar-refractivity contribution in [3.8, 4) is 0 Å². The first-order valence-electron chi connectivity index (χ1n) is 14.3. The molecule has 0 aromatic carbocycles. The van der Waals surface area contributed by atoms with Gasteiger partial charge in [0, 0.05) is 50.4 Å². The minimum absolute atomic E-state index is 0.0878. The zero-order valence-corrected chi connectivity index (χ0v) is 25.6. The lowest BCUT2D eigenvalue weighted by Gasteiger charge is -2.37. The van der Waals surface area contributed by atoms with Crippen LogP contribution in [-0.4, -0.2) is 85.0 Å². The summed E-state index contributed by atoms with van der Waals surface area (Å²) in [6, 6.07) is 0. The lowest BCUT2D eigenvalue weighted by Crippen LogP contribution is -2.43. The second kappa shape index (κ2) is 14.9. The topological polar surface area (TPSA) is 170 Å². The van der Waals surface area contributed by atoms with Gasteiger partial charge in [-0.25, -0.2) is 4.79 Å². The van der Waals surface area contributed by atoms with Gasteiger partial charge in [0.25, 0.3) is 5.91 Å². The van der Waals surface area contributed by atoms with Crippen LogP contribution in [0.3, 0.4) is 0 Å². The fraction of sp³-hybridized carbons (Fsp3) is 0.516. The van der Waals surface area contributed by atoms with Gasteiger partial charge in [-0.1, -0.05) is 43.3 Å². The summed E-state index contributed by atoms with van der Waals surface area (Å²) in [6.07, 6.45) is 5.79. The van der Waals surface area contributed by atoms with Gasteiger partial charge in [-0.05, 0) is 44.6 Å². The van der Waals surface area contributed by atoms with Gasteiger partial charge in [-0.2, -0.15) is 0 Å². The van der Waals surface area contributed by atoms with Gasteiger partial charge in [0.1, 0.15) is 6.10 Å². The highest BCUT2D eigenvalue weighted by Crippen LogP contribution is 2.31. The molecule has 12 heteroatoms. The Morgan fingerprint density at radius 3 is 2.40 bits per heavy atom. The number of likely N-dealkylation sites (tertiary alicyclic amines) is 1. The number of methoxy groups -OCH3 is 2. The van der Waals surface area contributed by atoms with E-state index in [1.807, 2.05) is 18.7 Å². The van der Waals surface area contributed by atoms with Crippen molar-refractivity contribution in [2.24, 2.45) is 22.7 Å². The zero-order valence-electron chi connectivity index (χ0n) is 25.6. The van der Waals surface area contributed by atoms with E-state index in [2.05, 4.69) is 10.5 Å². The van der Waals surface area contributed by atoms with Crippen LogP contribution in [0, 0.1) is 11.8 Å². The van der Waals surface area contributed by atoms with Crippen LogP contribution in [0.5, 0.6) is 0 Å². The number of hydrogen-bond acceptors (Lipinski definition) is 10. The van der Waals surface area contributed by atoms with Crippen molar-refractivity contribution in [3.63, 3.8) is 0 Å². The molecule has 0 radical (unpaired) electrons. The first-order chi connectivity index (χ1) is 20.4. The van der Waals surface area contributed by atoms with E-state index in [1.165, 1.54) is 26.4 Å². The number of hydrogen-bond donors (Lipinski definition) is 3. The minimum Gasteiger partial charge on any atom is -0.439 e. The number of primary amides is 1. The third-order valence-corrected chi connectivity index (χ3v) is 7.88. The van der Waals surface area contributed by atoms with Crippen molar-refractivity contribution in [2.75, 3.05) is 27.3 Å². The summed E-state index contributed by atoms with van der Waals surface area (Å²) in [6.45, 7) is 8.37. The smallest absolute Gasteiger partial charge is 0.405 e. The van der Waals surface area contributed by atoms with Gasteiger partial charge >= 0.3 is 6.09 Å². The monoisotopic (exact) mass is 598 g/mol. The fourth-order valence-corrected chi connectivity index (χ4v) is 5.46. The van der Waals surface area contributed by atoms with Crippen molar-refractivity contribution >= 4 is 29.3 Å². The molecule has 12 nitrogen and oxygen atoms in total. The quantitative estimate of drug-likeness (QED) is 0.191. The number of carbonyl (C=O) groups is 4. The number of fused-ring (bicyclic) bond motifs is 2. The lowest BCUT2D eigenvalue weighted by molar-refractivity contribution is -0.120. The van der Waals surface area contributed by atoms with E-state index in [-0.39, 0.29) is 29.4 Å². The molecule has 5 atom stereocenters. The molecule has 234 valence electrons. The van der Waals surface area contributed by atoms with E-state index in [4.69, 9.17) is 19.9 Å². The second-order valence-electron chi connectivity index (χ2n) is 11.2. The molecule has 1 saturated heterocycles. The predicted octanol–water partition coefficient (Wildman–Crippen LogP) is 2.94. The number of ketones is 2. The van der Waals surface area contributed by atoms with E-state index >= 15 is 0 Å². The molecule has 1 aliphatic carbocycles. The average Bonchev–Trinajstić information content (AvgIpc) is 2.92. The molecule has 2 amide bonds. The highest BCUT2D eigenvalue weighted by Gasteiger charge is 2.36. The molecule has 43 heavy (non-hydrogen) atoms. The molecule has 0 unspecified atom stereocenters. The summed E-state index contributed by atoms with van der Waals surface area (Å²) >= 11 is 0. The number of oxime groups is 1. The number of nitrogens with one attached hydrogen (secondary N) is 1. The van der Waals surface area contributed by atoms with Crippen LogP contribution >= 0.6 is 0 Å². The van der Waals surface area contributed by atoms with E-state index < -0.39 is 42.0 Å². The first kappa shape index (κ1) is 33.5. The normalized spacial score (nSPS) is 32.2. The molecule has 3 rings (SSSR count). The van der Waals surface area contributed by atoms with Gasteiger partial charge in [0.15, 0.2) is 6.10 Å². The van der Waals surface area contributed by atoms with Crippen LogP contribution in [0.4, 0.5) is 4.79 Å². The van der Waals surface area contributed by atoms with E-state index in [0.29, 0.717) is 42.1 Å². The van der Waals surface area contributed by atoms with Crippen LogP contribution < -0.4 is 11.1 Å². The molecule has 0 aromatic rings. The zero-order chi connectivity index (χ0) is 31.8. The molecular weight excluding hydrogens is 556 g/mol. The maximum Gasteiger partial charge on any atom is 0.405 e. The summed E-state index contributed by atoms with van der Waals surface area (Å²) in [5, 5.41) is 16.2. The van der Waals surface area contributed by atoms with Gasteiger partial charge < -0.3 is 35.4 Å². The predicted molar refractivity (Wildman–Crippen MR) is 159 cm³/mol. The van der Waals surface area contributed by atoms with Crippen molar-refractivity contribution in [2.45, 2.75) is 65.3 Å². The van der Waals surface area contributed by atoms with Gasteiger partial charge in [-0.3, -0.25) is 14.4 Å². The molecule has 3 aliphatic rings. The fourth-order valence-electron chi connectivity index (χ4n) is 5.46. The molecule has 0 saturated carbocycles. The number of amides is 2. The molecular formula is C31H42N4O8. The summed E-state index contributed by atoms with van der Waals surface area (Å²) in [4.78, 5) is 53.7. The maximum absolute atomic E-state index is 13.7. The molecule has 4 N–H and O–H groups in total. The number of carbonyl (C=O) groups excluding carboxylic acids is 4. The Hall–Kier alpha value is -4.03. The molecule has 0 aromatic heterocycles. The van der Waals surface area contributed by atoms with Crippen molar-refractivity contribution in [1.29, 1.82) is 0 Å². The Balaban J connectivity index is 2.11. The first-order valence-corrected chi connectivity index (χ1v) is 14.3. The number of nitrogens with zero attached hydrogens (tertiary/aromatic N) is 2. The van der Waals surface area contributed by atoms with Crippen LogP contribution in [-0.2, 0) is 28.6 Å². The summed E-state index contributed by atoms with van der Waals surface area (Å²) < 4.78 is 16.7. The van der Waals surface area contributed by atoms with Crippen LogP contribution in [0.25, 0.3) is 0 Å². The third-order valence-electron chi connectivity index (χ3n) is 7.88. The Bertz CT molecular complexity index is 1300. The van der Waals surface area contributed by atoms with E-state index in [1.54, 1.807) is 32.1 Å². The molecule has 2 aliphatic heterocycles. The molecule has 2 heterocycles. The SMILES string of the molecule is CO[C@H]1C[C@H](C)CC2=C(N3CCC3)C(=O)C=C(NC(=O)/C(C)=C/C=C\[C@H](OC)[C@@H](OC(N)=O)/C(C)=C/[C@H](C)/C1=N/O)C2=O.